The van der Waals surface area contributed by atoms with Crippen molar-refractivity contribution in [2.24, 2.45) is 0 Å². The van der Waals surface area contributed by atoms with E-state index < -0.39 is 6.10 Å². The third kappa shape index (κ3) is 3.11. The van der Waals surface area contributed by atoms with Gasteiger partial charge in [-0.25, -0.2) is 0 Å². The van der Waals surface area contributed by atoms with E-state index in [0.717, 1.165) is 5.56 Å². The molecule has 0 aromatic heterocycles. The van der Waals surface area contributed by atoms with Gasteiger partial charge >= 0.3 is 0 Å². The molecule has 2 aromatic carbocycles. The molecule has 1 heterocycles. The van der Waals surface area contributed by atoms with Gasteiger partial charge in [-0.2, -0.15) is 0 Å². The number of ether oxygens (including phenoxy) is 2. The molecule has 0 aliphatic carbocycles. The average Bonchev–Trinajstić information content (AvgIpc) is 2.55. The highest BCUT2D eigenvalue weighted by molar-refractivity contribution is 6.17. The molecule has 5 heteroatoms. The van der Waals surface area contributed by atoms with E-state index in [1.807, 2.05) is 42.5 Å². The molecule has 0 saturated heterocycles. The fraction of sp³-hybridized carbons (Fsp3) is 0.188. The largest absolute Gasteiger partial charge is 0.485 e. The van der Waals surface area contributed by atoms with Gasteiger partial charge in [0.15, 0.2) is 11.5 Å². The molecule has 0 radical (unpaired) electrons. The topological polar surface area (TPSA) is 47.6 Å². The number of nitrogens with one attached hydrogen (secondary N) is 1. The fourth-order valence-corrected chi connectivity index (χ4v) is 2.23. The maximum Gasteiger partial charge on any atom is 0.269 e. The minimum Gasteiger partial charge on any atom is -0.485 e. The average molecular weight is 304 g/mol. The van der Waals surface area contributed by atoms with Crippen LogP contribution in [-0.4, -0.2) is 18.6 Å². The zero-order chi connectivity index (χ0) is 14.7. The van der Waals surface area contributed by atoms with Gasteiger partial charge < -0.3 is 14.8 Å². The third-order valence-electron chi connectivity index (χ3n) is 3.18. The maximum atomic E-state index is 12.2. The molecular formula is C16H14ClNO3. The lowest BCUT2D eigenvalue weighted by Crippen LogP contribution is -2.40. The van der Waals surface area contributed by atoms with Crippen LogP contribution in [0.1, 0.15) is 5.56 Å². The predicted octanol–water partition coefficient (Wildman–Crippen LogP) is 3.20. The number of anilines is 1. The van der Waals surface area contributed by atoms with Crippen LogP contribution in [0.2, 0.25) is 0 Å². The molecular weight excluding hydrogens is 290 g/mol. The number of halogens is 1. The molecule has 1 aliphatic rings. The number of amides is 1. The molecule has 3 rings (SSSR count). The maximum absolute atomic E-state index is 12.2. The standard InChI is InChI=1S/C16H14ClNO3/c17-9-11-5-7-12(8-6-11)18-16(19)15-10-20-13-3-1-2-4-14(13)21-15/h1-8,15H,9-10H2,(H,18,19). The monoisotopic (exact) mass is 303 g/mol. The Kier molecular flexibility index (Phi) is 3.97. The number of para-hydroxylation sites is 2. The van der Waals surface area contributed by atoms with E-state index in [9.17, 15) is 4.79 Å². The molecule has 0 saturated carbocycles. The molecule has 0 spiro atoms. The van der Waals surface area contributed by atoms with Crippen LogP contribution in [0.25, 0.3) is 0 Å². The lowest BCUT2D eigenvalue weighted by atomic mass is 10.2. The Morgan fingerprint density at radius 3 is 2.57 bits per heavy atom. The lowest BCUT2D eigenvalue weighted by molar-refractivity contribution is -0.125. The number of benzene rings is 2. The molecule has 1 unspecified atom stereocenters. The Morgan fingerprint density at radius 1 is 1.14 bits per heavy atom. The van der Waals surface area contributed by atoms with Gasteiger partial charge in [0.05, 0.1) is 0 Å². The molecule has 1 N–H and O–H groups in total. The Balaban J connectivity index is 1.66. The van der Waals surface area contributed by atoms with Gasteiger partial charge in [0.25, 0.3) is 5.91 Å². The van der Waals surface area contributed by atoms with E-state index in [0.29, 0.717) is 23.1 Å². The van der Waals surface area contributed by atoms with Crippen LogP contribution in [0.15, 0.2) is 48.5 Å². The van der Waals surface area contributed by atoms with Crippen molar-refractivity contribution in [3.05, 3.63) is 54.1 Å². The van der Waals surface area contributed by atoms with Crippen molar-refractivity contribution in [2.45, 2.75) is 12.0 Å². The van der Waals surface area contributed by atoms with Crippen molar-refractivity contribution >= 4 is 23.2 Å². The van der Waals surface area contributed by atoms with Crippen LogP contribution in [0, 0.1) is 0 Å². The molecule has 1 aliphatic heterocycles. The molecule has 0 fully saturated rings. The minimum absolute atomic E-state index is 0.197. The molecule has 1 atom stereocenters. The molecule has 2 aromatic rings. The SMILES string of the molecule is O=C(Nc1ccc(CCl)cc1)C1COc2ccccc2O1. The van der Waals surface area contributed by atoms with Crippen molar-refractivity contribution in [2.75, 3.05) is 11.9 Å². The number of alkyl halides is 1. The molecule has 0 bridgehead atoms. The van der Waals surface area contributed by atoms with Crippen LogP contribution in [0.4, 0.5) is 5.69 Å². The number of carbonyl (C=O) groups is 1. The second-order valence-electron chi connectivity index (χ2n) is 4.68. The number of hydrogen-bond acceptors (Lipinski definition) is 3. The van der Waals surface area contributed by atoms with E-state index in [1.54, 1.807) is 6.07 Å². The Morgan fingerprint density at radius 2 is 1.86 bits per heavy atom. The summed E-state index contributed by atoms with van der Waals surface area (Å²) in [5.41, 5.74) is 1.71. The van der Waals surface area contributed by atoms with Gasteiger partial charge in [-0.3, -0.25) is 4.79 Å². The molecule has 4 nitrogen and oxygen atoms in total. The summed E-state index contributed by atoms with van der Waals surface area (Å²) in [5, 5.41) is 2.81. The first-order valence-corrected chi connectivity index (χ1v) is 7.14. The van der Waals surface area contributed by atoms with Gasteiger partial charge in [0.2, 0.25) is 6.10 Å². The van der Waals surface area contributed by atoms with E-state index >= 15 is 0 Å². The molecule has 21 heavy (non-hydrogen) atoms. The normalized spacial score (nSPS) is 16.3. The lowest BCUT2D eigenvalue weighted by Gasteiger charge is -2.25. The van der Waals surface area contributed by atoms with E-state index in [4.69, 9.17) is 21.1 Å². The van der Waals surface area contributed by atoms with Crippen molar-refractivity contribution in [1.29, 1.82) is 0 Å². The van der Waals surface area contributed by atoms with Crippen LogP contribution in [-0.2, 0) is 10.7 Å². The summed E-state index contributed by atoms with van der Waals surface area (Å²) in [6.45, 7) is 0.197. The van der Waals surface area contributed by atoms with E-state index in [1.165, 1.54) is 0 Å². The van der Waals surface area contributed by atoms with Crippen molar-refractivity contribution in [3.8, 4) is 11.5 Å². The van der Waals surface area contributed by atoms with Crippen LogP contribution < -0.4 is 14.8 Å². The highest BCUT2D eigenvalue weighted by atomic mass is 35.5. The number of hydrogen-bond donors (Lipinski definition) is 1. The summed E-state index contributed by atoms with van der Waals surface area (Å²) in [5.74, 6) is 1.46. The fourth-order valence-electron chi connectivity index (χ4n) is 2.05. The van der Waals surface area contributed by atoms with Gasteiger partial charge in [-0.05, 0) is 29.8 Å². The summed E-state index contributed by atoms with van der Waals surface area (Å²) in [6, 6.07) is 14.7. The number of fused-ring (bicyclic) bond motifs is 1. The first kappa shape index (κ1) is 13.8. The van der Waals surface area contributed by atoms with Gasteiger partial charge in [-0.1, -0.05) is 24.3 Å². The third-order valence-corrected chi connectivity index (χ3v) is 3.49. The first-order valence-electron chi connectivity index (χ1n) is 6.60. The van der Waals surface area contributed by atoms with Crippen LogP contribution in [0.3, 0.4) is 0 Å². The van der Waals surface area contributed by atoms with E-state index in [2.05, 4.69) is 5.32 Å². The summed E-state index contributed by atoms with van der Waals surface area (Å²) in [6.07, 6.45) is -0.660. The van der Waals surface area contributed by atoms with Crippen LogP contribution in [0.5, 0.6) is 11.5 Å². The van der Waals surface area contributed by atoms with E-state index in [-0.39, 0.29) is 12.5 Å². The summed E-state index contributed by atoms with van der Waals surface area (Å²) < 4.78 is 11.2. The second kappa shape index (κ2) is 6.06. The molecule has 108 valence electrons. The summed E-state index contributed by atoms with van der Waals surface area (Å²) in [7, 11) is 0. The van der Waals surface area contributed by atoms with Crippen LogP contribution >= 0.6 is 11.6 Å². The van der Waals surface area contributed by atoms with Crippen molar-refractivity contribution in [3.63, 3.8) is 0 Å². The number of rotatable bonds is 3. The predicted molar refractivity (Wildman–Crippen MR) is 81.0 cm³/mol. The van der Waals surface area contributed by atoms with Crippen molar-refractivity contribution in [1.82, 2.24) is 0 Å². The zero-order valence-electron chi connectivity index (χ0n) is 11.2. The summed E-state index contributed by atoms with van der Waals surface area (Å²) >= 11 is 5.73. The molecule has 1 amide bonds. The van der Waals surface area contributed by atoms with Gasteiger partial charge in [0.1, 0.15) is 6.61 Å². The smallest absolute Gasteiger partial charge is 0.269 e. The Bertz CT molecular complexity index is 642. The minimum atomic E-state index is -0.660. The quantitative estimate of drug-likeness (QED) is 0.886. The zero-order valence-corrected chi connectivity index (χ0v) is 12.0. The Labute approximate surface area is 127 Å². The number of carbonyl (C=O) groups excluding carboxylic acids is 1. The van der Waals surface area contributed by atoms with Gasteiger partial charge in [0, 0.05) is 11.6 Å². The highest BCUT2D eigenvalue weighted by Gasteiger charge is 2.27. The first-order chi connectivity index (χ1) is 10.3. The highest BCUT2D eigenvalue weighted by Crippen LogP contribution is 2.31. The summed E-state index contributed by atoms with van der Waals surface area (Å²) in [4.78, 5) is 12.2. The van der Waals surface area contributed by atoms with Gasteiger partial charge in [-0.15, -0.1) is 11.6 Å². The second-order valence-corrected chi connectivity index (χ2v) is 4.95. The Hall–Kier alpha value is -2.20. The van der Waals surface area contributed by atoms with Crippen molar-refractivity contribution < 1.29 is 14.3 Å².